The van der Waals surface area contributed by atoms with Crippen molar-refractivity contribution < 1.29 is 0 Å². The van der Waals surface area contributed by atoms with Crippen LogP contribution in [-0.2, 0) is 6.54 Å². The Morgan fingerprint density at radius 1 is 1.00 bits per heavy atom. The number of para-hydroxylation sites is 1. The molecular formula is C19H18N4. The van der Waals surface area contributed by atoms with Gasteiger partial charge in [0, 0.05) is 18.0 Å². The molecule has 0 bridgehead atoms. The molecule has 0 spiro atoms. The van der Waals surface area contributed by atoms with Crippen LogP contribution in [0.3, 0.4) is 0 Å². The van der Waals surface area contributed by atoms with E-state index in [1.54, 1.807) is 0 Å². The lowest BCUT2D eigenvalue weighted by Gasteiger charge is -2.10. The molecule has 2 heterocycles. The van der Waals surface area contributed by atoms with Crippen LogP contribution in [0.5, 0.6) is 0 Å². The Balaban J connectivity index is 1.76. The van der Waals surface area contributed by atoms with Crippen molar-refractivity contribution in [3.05, 3.63) is 71.4 Å². The van der Waals surface area contributed by atoms with Crippen molar-refractivity contribution in [3.63, 3.8) is 0 Å². The van der Waals surface area contributed by atoms with E-state index in [1.165, 1.54) is 11.1 Å². The number of anilines is 1. The van der Waals surface area contributed by atoms with E-state index in [1.807, 2.05) is 29.6 Å². The second kappa shape index (κ2) is 5.39. The monoisotopic (exact) mass is 302 g/mol. The molecule has 0 unspecified atom stereocenters. The van der Waals surface area contributed by atoms with E-state index in [0.717, 1.165) is 34.6 Å². The standard InChI is InChI=1S/C19H18N4/c1-13-7-9-15(10-8-13)12-20-19-16-5-3-4-6-17(16)23-18(21-19)11-14(2)22-23/h3-11H,12H2,1-2H3,(H,20,21). The molecule has 0 aliphatic heterocycles. The molecule has 2 aromatic heterocycles. The van der Waals surface area contributed by atoms with Gasteiger partial charge in [0.1, 0.15) is 5.82 Å². The van der Waals surface area contributed by atoms with Crippen LogP contribution in [0.25, 0.3) is 16.6 Å². The highest BCUT2D eigenvalue weighted by Gasteiger charge is 2.09. The van der Waals surface area contributed by atoms with Gasteiger partial charge in [0.15, 0.2) is 5.65 Å². The number of nitrogens with one attached hydrogen (secondary N) is 1. The summed E-state index contributed by atoms with van der Waals surface area (Å²) in [5.41, 5.74) is 5.42. The fourth-order valence-corrected chi connectivity index (χ4v) is 2.80. The predicted molar refractivity (Wildman–Crippen MR) is 93.7 cm³/mol. The number of hydrogen-bond donors (Lipinski definition) is 1. The highest BCUT2D eigenvalue weighted by atomic mass is 15.3. The van der Waals surface area contributed by atoms with Crippen molar-refractivity contribution in [1.29, 1.82) is 0 Å². The summed E-state index contributed by atoms with van der Waals surface area (Å²) in [7, 11) is 0. The zero-order valence-electron chi connectivity index (χ0n) is 13.2. The Labute approximate surface area is 134 Å². The zero-order chi connectivity index (χ0) is 15.8. The van der Waals surface area contributed by atoms with Crippen molar-refractivity contribution in [1.82, 2.24) is 14.6 Å². The number of nitrogens with zero attached hydrogens (tertiary/aromatic N) is 3. The molecular weight excluding hydrogens is 284 g/mol. The van der Waals surface area contributed by atoms with Gasteiger partial charge in [0.05, 0.1) is 11.2 Å². The highest BCUT2D eigenvalue weighted by Crippen LogP contribution is 2.23. The first-order valence-electron chi connectivity index (χ1n) is 7.75. The summed E-state index contributed by atoms with van der Waals surface area (Å²) in [6, 6.07) is 18.8. The number of fused-ring (bicyclic) bond motifs is 3. The summed E-state index contributed by atoms with van der Waals surface area (Å²) in [6.07, 6.45) is 0. The maximum absolute atomic E-state index is 4.75. The highest BCUT2D eigenvalue weighted by molar-refractivity contribution is 5.91. The molecule has 0 fully saturated rings. The summed E-state index contributed by atoms with van der Waals surface area (Å²) in [4.78, 5) is 4.75. The number of benzene rings is 2. The lowest BCUT2D eigenvalue weighted by Crippen LogP contribution is -2.04. The minimum atomic E-state index is 0.751. The molecule has 0 amide bonds. The maximum Gasteiger partial charge on any atom is 0.158 e. The molecule has 1 N–H and O–H groups in total. The van der Waals surface area contributed by atoms with Crippen molar-refractivity contribution >= 4 is 22.4 Å². The zero-order valence-corrected chi connectivity index (χ0v) is 13.2. The molecule has 114 valence electrons. The minimum Gasteiger partial charge on any atom is -0.365 e. The van der Waals surface area contributed by atoms with E-state index in [9.17, 15) is 0 Å². The fourth-order valence-electron chi connectivity index (χ4n) is 2.80. The third kappa shape index (κ3) is 2.52. The molecule has 4 nitrogen and oxygen atoms in total. The SMILES string of the molecule is Cc1ccc(CNc2nc3cc(C)nn3c3ccccc23)cc1. The molecule has 0 atom stereocenters. The summed E-state index contributed by atoms with van der Waals surface area (Å²) in [5.74, 6) is 0.897. The van der Waals surface area contributed by atoms with Crippen LogP contribution in [0.2, 0.25) is 0 Å². The topological polar surface area (TPSA) is 42.2 Å². The second-order valence-corrected chi connectivity index (χ2v) is 5.87. The number of aryl methyl sites for hydroxylation is 2. The van der Waals surface area contributed by atoms with E-state index < -0.39 is 0 Å². The van der Waals surface area contributed by atoms with Gasteiger partial charge < -0.3 is 5.32 Å². The third-order valence-corrected chi connectivity index (χ3v) is 4.01. The van der Waals surface area contributed by atoms with Crippen LogP contribution in [-0.4, -0.2) is 14.6 Å². The molecule has 0 aliphatic carbocycles. The third-order valence-electron chi connectivity index (χ3n) is 4.01. The van der Waals surface area contributed by atoms with Gasteiger partial charge in [-0.25, -0.2) is 9.50 Å². The lowest BCUT2D eigenvalue weighted by molar-refractivity contribution is 0.954. The fraction of sp³-hybridized carbons (Fsp3) is 0.158. The lowest BCUT2D eigenvalue weighted by atomic mass is 10.1. The van der Waals surface area contributed by atoms with Gasteiger partial charge >= 0.3 is 0 Å². The average Bonchev–Trinajstić information content (AvgIpc) is 2.94. The second-order valence-electron chi connectivity index (χ2n) is 5.87. The Hall–Kier alpha value is -2.88. The van der Waals surface area contributed by atoms with Crippen LogP contribution in [0.1, 0.15) is 16.8 Å². The normalized spacial score (nSPS) is 11.2. The van der Waals surface area contributed by atoms with Gasteiger partial charge in [-0.3, -0.25) is 0 Å². The van der Waals surface area contributed by atoms with E-state index in [4.69, 9.17) is 4.98 Å². The molecule has 4 heteroatoms. The molecule has 0 radical (unpaired) electrons. The van der Waals surface area contributed by atoms with Gasteiger partial charge in [-0.05, 0) is 31.5 Å². The first-order chi connectivity index (χ1) is 11.2. The number of hydrogen-bond acceptors (Lipinski definition) is 3. The van der Waals surface area contributed by atoms with Crippen LogP contribution >= 0.6 is 0 Å². The molecule has 4 rings (SSSR count). The molecule has 4 aromatic rings. The van der Waals surface area contributed by atoms with Crippen molar-refractivity contribution in [2.24, 2.45) is 0 Å². The molecule has 0 aliphatic rings. The van der Waals surface area contributed by atoms with Crippen LogP contribution in [0, 0.1) is 13.8 Å². The summed E-state index contributed by atoms with van der Waals surface area (Å²) < 4.78 is 1.90. The van der Waals surface area contributed by atoms with Gasteiger partial charge in [-0.15, -0.1) is 0 Å². The van der Waals surface area contributed by atoms with E-state index in [2.05, 4.69) is 53.7 Å². The van der Waals surface area contributed by atoms with E-state index in [-0.39, 0.29) is 0 Å². The first-order valence-corrected chi connectivity index (χ1v) is 7.75. The number of aromatic nitrogens is 3. The van der Waals surface area contributed by atoms with Gasteiger partial charge in [-0.2, -0.15) is 5.10 Å². The summed E-state index contributed by atoms with van der Waals surface area (Å²) in [6.45, 7) is 4.84. The minimum absolute atomic E-state index is 0.751. The Bertz CT molecular complexity index is 984. The van der Waals surface area contributed by atoms with Crippen LogP contribution in [0.4, 0.5) is 5.82 Å². The van der Waals surface area contributed by atoms with Crippen LogP contribution < -0.4 is 5.32 Å². The smallest absolute Gasteiger partial charge is 0.158 e. The van der Waals surface area contributed by atoms with Crippen LogP contribution in [0.15, 0.2) is 54.6 Å². The Morgan fingerprint density at radius 2 is 1.78 bits per heavy atom. The summed E-state index contributed by atoms with van der Waals surface area (Å²) in [5, 5.41) is 9.09. The number of rotatable bonds is 3. The quantitative estimate of drug-likeness (QED) is 0.619. The Kier molecular flexibility index (Phi) is 3.23. The van der Waals surface area contributed by atoms with E-state index >= 15 is 0 Å². The van der Waals surface area contributed by atoms with Gasteiger partial charge in [0.25, 0.3) is 0 Å². The first kappa shape index (κ1) is 13.8. The molecule has 0 saturated carbocycles. The molecule has 2 aromatic carbocycles. The van der Waals surface area contributed by atoms with Gasteiger partial charge in [-0.1, -0.05) is 42.0 Å². The van der Waals surface area contributed by atoms with Gasteiger partial charge in [0.2, 0.25) is 0 Å². The van der Waals surface area contributed by atoms with Crippen molar-refractivity contribution in [2.75, 3.05) is 5.32 Å². The van der Waals surface area contributed by atoms with Crippen molar-refractivity contribution in [2.45, 2.75) is 20.4 Å². The summed E-state index contributed by atoms with van der Waals surface area (Å²) >= 11 is 0. The maximum atomic E-state index is 4.75. The molecule has 23 heavy (non-hydrogen) atoms. The molecule has 0 saturated heterocycles. The van der Waals surface area contributed by atoms with E-state index in [0.29, 0.717) is 0 Å². The largest absolute Gasteiger partial charge is 0.365 e. The van der Waals surface area contributed by atoms with Crippen molar-refractivity contribution in [3.8, 4) is 0 Å². The average molecular weight is 302 g/mol. The Morgan fingerprint density at radius 3 is 2.61 bits per heavy atom. The predicted octanol–water partition coefficient (Wildman–Crippen LogP) is 4.11.